The van der Waals surface area contributed by atoms with Crippen LogP contribution < -0.4 is 9.80 Å². The van der Waals surface area contributed by atoms with E-state index in [4.69, 9.17) is 4.74 Å². The molecule has 0 saturated carbocycles. The smallest absolute Gasteiger partial charge is 0.253 e. The van der Waals surface area contributed by atoms with Crippen molar-refractivity contribution in [1.82, 2.24) is 0 Å². The molecule has 0 aliphatic carbocycles. The lowest BCUT2D eigenvalue weighted by Gasteiger charge is -2.27. The van der Waals surface area contributed by atoms with Crippen LogP contribution in [0, 0.1) is 0 Å². The van der Waals surface area contributed by atoms with Gasteiger partial charge >= 0.3 is 0 Å². The predicted molar refractivity (Wildman–Crippen MR) is 63.9 cm³/mol. The fourth-order valence-corrected chi connectivity index (χ4v) is 1.72. The third-order valence-corrected chi connectivity index (χ3v) is 2.66. The molecule has 0 N–H and O–H groups in total. The Labute approximate surface area is 95.4 Å². The van der Waals surface area contributed by atoms with Crippen molar-refractivity contribution in [1.29, 1.82) is 0 Å². The number of carbonyl (C=O) groups excluding carboxylic acids is 1. The average molecular weight is 220 g/mol. The number of hydrogen-bond acceptors (Lipinski definition) is 3. The molecule has 0 aromatic heterocycles. The van der Waals surface area contributed by atoms with Gasteiger partial charge in [-0.2, -0.15) is 0 Å². The lowest BCUT2D eigenvalue weighted by atomic mass is 10.2. The second-order valence-corrected chi connectivity index (χ2v) is 4.01. The Morgan fingerprint density at radius 3 is 2.50 bits per heavy atom. The molecule has 2 rings (SSSR count). The van der Waals surface area contributed by atoms with Gasteiger partial charge in [0.15, 0.2) is 0 Å². The first-order valence-electron chi connectivity index (χ1n) is 5.34. The number of rotatable bonds is 2. The zero-order chi connectivity index (χ0) is 11.5. The minimum atomic E-state index is 0.0313. The highest BCUT2D eigenvalue weighted by Gasteiger charge is 2.19. The number of nitrogens with zero attached hydrogens (tertiary/aromatic N) is 2. The van der Waals surface area contributed by atoms with Crippen molar-refractivity contribution in [2.24, 2.45) is 0 Å². The van der Waals surface area contributed by atoms with E-state index in [1.807, 2.05) is 43.3 Å². The van der Waals surface area contributed by atoms with Crippen molar-refractivity contribution < 1.29 is 9.53 Å². The molecular formula is C12H16N2O2. The van der Waals surface area contributed by atoms with Crippen molar-refractivity contribution in [2.45, 2.75) is 0 Å². The molecule has 4 heteroatoms. The quantitative estimate of drug-likeness (QED) is 0.748. The lowest BCUT2D eigenvalue weighted by Crippen LogP contribution is -2.41. The Morgan fingerprint density at radius 1 is 1.25 bits per heavy atom. The van der Waals surface area contributed by atoms with Crippen molar-refractivity contribution in [3.05, 3.63) is 24.3 Å². The zero-order valence-corrected chi connectivity index (χ0v) is 9.64. The van der Waals surface area contributed by atoms with Crippen molar-refractivity contribution in [2.75, 3.05) is 43.7 Å². The van der Waals surface area contributed by atoms with Crippen LogP contribution in [0.25, 0.3) is 0 Å². The van der Waals surface area contributed by atoms with Crippen LogP contribution in [0.2, 0.25) is 0 Å². The molecule has 1 heterocycles. The fraction of sp³-hybridized carbons (Fsp3) is 0.417. The monoisotopic (exact) mass is 220 g/mol. The molecule has 1 aliphatic heterocycles. The van der Waals surface area contributed by atoms with Gasteiger partial charge in [-0.05, 0) is 24.3 Å². The average Bonchev–Trinajstić information content (AvgIpc) is 2.30. The Bertz CT molecular complexity index is 373. The van der Waals surface area contributed by atoms with Crippen molar-refractivity contribution in [3.63, 3.8) is 0 Å². The van der Waals surface area contributed by atoms with Gasteiger partial charge in [-0.15, -0.1) is 0 Å². The van der Waals surface area contributed by atoms with Gasteiger partial charge in [-0.25, -0.2) is 0 Å². The highest BCUT2D eigenvalue weighted by molar-refractivity contribution is 5.94. The number of benzene rings is 1. The lowest BCUT2D eigenvalue weighted by molar-refractivity contribution is -0.125. The van der Waals surface area contributed by atoms with Gasteiger partial charge in [-0.1, -0.05) is 0 Å². The molecule has 0 unspecified atom stereocenters. The summed E-state index contributed by atoms with van der Waals surface area (Å²) in [5, 5.41) is 0. The number of anilines is 2. The van der Waals surface area contributed by atoms with Crippen LogP contribution in [0.5, 0.6) is 0 Å². The largest absolute Gasteiger partial charge is 0.378 e. The van der Waals surface area contributed by atoms with Gasteiger partial charge in [-0.3, -0.25) is 4.79 Å². The summed E-state index contributed by atoms with van der Waals surface area (Å²) in [6.07, 6.45) is 0. The van der Waals surface area contributed by atoms with Crippen molar-refractivity contribution in [3.8, 4) is 0 Å². The van der Waals surface area contributed by atoms with E-state index in [-0.39, 0.29) is 12.5 Å². The Morgan fingerprint density at radius 2 is 1.94 bits per heavy atom. The molecule has 1 aromatic rings. The third-order valence-electron chi connectivity index (χ3n) is 2.66. The number of morpholine rings is 1. The van der Waals surface area contributed by atoms with Gasteiger partial charge in [0.05, 0.1) is 6.61 Å². The number of hydrogen-bond donors (Lipinski definition) is 0. The Kier molecular flexibility index (Phi) is 3.10. The molecular weight excluding hydrogens is 204 g/mol. The molecule has 0 radical (unpaired) electrons. The number of amides is 1. The van der Waals surface area contributed by atoms with E-state index in [1.165, 1.54) is 0 Å². The van der Waals surface area contributed by atoms with Gasteiger partial charge in [0.2, 0.25) is 0 Å². The van der Waals surface area contributed by atoms with Crippen molar-refractivity contribution >= 4 is 17.3 Å². The molecule has 4 nitrogen and oxygen atoms in total. The zero-order valence-electron chi connectivity index (χ0n) is 9.64. The maximum atomic E-state index is 11.6. The Hall–Kier alpha value is -1.55. The van der Waals surface area contributed by atoms with Gasteiger partial charge < -0.3 is 14.5 Å². The summed E-state index contributed by atoms with van der Waals surface area (Å²) in [4.78, 5) is 15.4. The second-order valence-electron chi connectivity index (χ2n) is 4.01. The Balaban J connectivity index is 2.17. The summed E-state index contributed by atoms with van der Waals surface area (Å²) in [6.45, 7) is 1.44. The van der Waals surface area contributed by atoms with E-state index < -0.39 is 0 Å². The van der Waals surface area contributed by atoms with E-state index in [9.17, 15) is 4.79 Å². The van der Waals surface area contributed by atoms with Crippen LogP contribution in [0.3, 0.4) is 0 Å². The van der Waals surface area contributed by atoms with Crippen LogP contribution in [0.1, 0.15) is 0 Å². The summed E-state index contributed by atoms with van der Waals surface area (Å²) in [7, 11) is 3.99. The molecule has 86 valence electrons. The first kappa shape index (κ1) is 11.0. The van der Waals surface area contributed by atoms with Crippen LogP contribution in [-0.4, -0.2) is 39.8 Å². The maximum Gasteiger partial charge on any atom is 0.253 e. The number of ether oxygens (including phenoxy) is 1. The van der Waals surface area contributed by atoms with Crippen LogP contribution in [0.15, 0.2) is 24.3 Å². The first-order valence-corrected chi connectivity index (χ1v) is 5.34. The fourth-order valence-electron chi connectivity index (χ4n) is 1.72. The van der Waals surface area contributed by atoms with E-state index in [0.717, 1.165) is 11.4 Å². The molecule has 1 amide bonds. The van der Waals surface area contributed by atoms with Crippen LogP contribution in [-0.2, 0) is 9.53 Å². The molecule has 1 saturated heterocycles. The second kappa shape index (κ2) is 4.53. The highest BCUT2D eigenvalue weighted by Crippen LogP contribution is 2.20. The van der Waals surface area contributed by atoms with Gasteiger partial charge in [0, 0.05) is 32.0 Å². The standard InChI is InChI=1S/C12H16N2O2/c1-13(2)10-3-5-11(6-4-10)14-7-8-16-9-12(14)15/h3-6H,7-9H2,1-2H3. The van der Waals surface area contributed by atoms with E-state index in [2.05, 4.69) is 0 Å². The van der Waals surface area contributed by atoms with E-state index in [1.54, 1.807) is 4.90 Å². The molecule has 16 heavy (non-hydrogen) atoms. The SMILES string of the molecule is CN(C)c1ccc(N2CCOCC2=O)cc1. The summed E-state index contributed by atoms with van der Waals surface area (Å²) in [5.41, 5.74) is 2.07. The van der Waals surface area contributed by atoms with E-state index >= 15 is 0 Å². The maximum absolute atomic E-state index is 11.6. The van der Waals surface area contributed by atoms with Crippen LogP contribution in [0.4, 0.5) is 11.4 Å². The molecule has 1 aliphatic rings. The number of carbonyl (C=O) groups is 1. The summed E-state index contributed by atoms with van der Waals surface area (Å²) in [6, 6.07) is 7.97. The minimum Gasteiger partial charge on any atom is -0.378 e. The van der Waals surface area contributed by atoms with E-state index in [0.29, 0.717) is 13.2 Å². The van der Waals surface area contributed by atoms with Crippen LogP contribution >= 0.6 is 0 Å². The molecule has 0 spiro atoms. The molecule has 0 bridgehead atoms. The van der Waals surface area contributed by atoms with Gasteiger partial charge in [0.1, 0.15) is 6.61 Å². The predicted octanol–water partition coefficient (Wildman–Crippen LogP) is 1.12. The highest BCUT2D eigenvalue weighted by atomic mass is 16.5. The molecule has 1 fully saturated rings. The topological polar surface area (TPSA) is 32.8 Å². The summed E-state index contributed by atoms with van der Waals surface area (Å²) < 4.78 is 5.10. The first-order chi connectivity index (χ1) is 7.68. The molecule has 0 atom stereocenters. The summed E-state index contributed by atoms with van der Waals surface area (Å²) >= 11 is 0. The van der Waals surface area contributed by atoms with Gasteiger partial charge in [0.25, 0.3) is 5.91 Å². The third kappa shape index (κ3) is 2.17. The summed E-state index contributed by atoms with van der Waals surface area (Å²) in [5.74, 6) is 0.0313. The molecule has 1 aromatic carbocycles. The minimum absolute atomic E-state index is 0.0313. The normalized spacial score (nSPS) is 16.4.